The molecule has 2 saturated carbocycles. The average molecular weight is 573 g/mol. The molecule has 6 atom stereocenters. The lowest BCUT2D eigenvalue weighted by atomic mass is 9.45. The van der Waals surface area contributed by atoms with Gasteiger partial charge in [0.2, 0.25) is 0 Å². The van der Waals surface area contributed by atoms with E-state index in [1.54, 1.807) is 7.11 Å². The van der Waals surface area contributed by atoms with E-state index in [2.05, 4.69) is 55.0 Å². The highest BCUT2D eigenvalue weighted by molar-refractivity contribution is 6.73. The standard InChI is InChI=1S/C34H56O5Si/c1-12-40(13-2,14-3)39-30-17-18-33(9)28(20-27-31(36)24(7)25(8)38-32(27)37-11)23(6)15-16-29(33)34(30,10)21-26(35)19-22(4)5/h19,26,28-30,35H,6,12-18,20-21H2,1-5,7-11H3/t26-,28-,29-,30+,33-,34+/m1/s1. The highest BCUT2D eigenvalue weighted by Crippen LogP contribution is 2.64. The number of aryl methyl sites for hydroxylation is 1. The van der Waals surface area contributed by atoms with Gasteiger partial charge in [-0.1, -0.05) is 58.4 Å². The number of methoxy groups -OCH3 is 1. The fraction of sp³-hybridized carbons (Fsp3) is 0.735. The van der Waals surface area contributed by atoms with Crippen molar-refractivity contribution in [2.45, 2.75) is 131 Å². The van der Waals surface area contributed by atoms with Gasteiger partial charge >= 0.3 is 0 Å². The van der Waals surface area contributed by atoms with Crippen molar-refractivity contribution in [1.29, 1.82) is 0 Å². The van der Waals surface area contributed by atoms with E-state index in [9.17, 15) is 9.90 Å². The fourth-order valence-electron chi connectivity index (χ4n) is 8.31. The summed E-state index contributed by atoms with van der Waals surface area (Å²) in [6.07, 6.45) is 6.77. The minimum atomic E-state index is -1.87. The van der Waals surface area contributed by atoms with Gasteiger partial charge < -0.3 is 18.7 Å². The number of hydrogen-bond donors (Lipinski definition) is 1. The molecule has 2 aliphatic rings. The maximum Gasteiger partial charge on any atom is 0.291 e. The van der Waals surface area contributed by atoms with Crippen LogP contribution in [0.5, 0.6) is 5.95 Å². The van der Waals surface area contributed by atoms with Gasteiger partial charge in [-0.25, -0.2) is 0 Å². The summed E-state index contributed by atoms with van der Waals surface area (Å²) >= 11 is 0. The van der Waals surface area contributed by atoms with E-state index >= 15 is 0 Å². The molecule has 1 aromatic heterocycles. The molecule has 6 heteroatoms. The number of fused-ring (bicyclic) bond motifs is 1. The predicted octanol–water partition coefficient (Wildman–Crippen LogP) is 8.30. The molecule has 0 aliphatic heterocycles. The highest BCUT2D eigenvalue weighted by atomic mass is 28.4. The number of hydrogen-bond acceptors (Lipinski definition) is 5. The van der Waals surface area contributed by atoms with E-state index < -0.39 is 14.4 Å². The molecule has 0 radical (unpaired) electrons. The molecule has 5 nitrogen and oxygen atoms in total. The Morgan fingerprint density at radius 2 is 1.80 bits per heavy atom. The van der Waals surface area contributed by atoms with E-state index in [4.69, 9.17) is 13.6 Å². The van der Waals surface area contributed by atoms with Crippen LogP contribution < -0.4 is 10.2 Å². The van der Waals surface area contributed by atoms with Crippen molar-refractivity contribution in [3.8, 4) is 5.95 Å². The third-order valence-corrected chi connectivity index (χ3v) is 15.7. The van der Waals surface area contributed by atoms with Gasteiger partial charge in [0.1, 0.15) is 5.76 Å². The summed E-state index contributed by atoms with van der Waals surface area (Å²) in [6, 6.07) is 3.35. The van der Waals surface area contributed by atoms with E-state index in [1.165, 1.54) is 5.57 Å². The van der Waals surface area contributed by atoms with E-state index in [1.807, 2.05) is 19.9 Å². The van der Waals surface area contributed by atoms with Crippen LogP contribution in [0.2, 0.25) is 18.1 Å². The first kappa shape index (κ1) is 32.9. The molecule has 0 spiro atoms. The monoisotopic (exact) mass is 572 g/mol. The maximum absolute atomic E-state index is 13.5. The van der Waals surface area contributed by atoms with Crippen molar-refractivity contribution in [3.63, 3.8) is 0 Å². The Kier molecular flexibility index (Phi) is 10.4. The molecule has 0 saturated heterocycles. The number of aliphatic hydroxyl groups excluding tert-OH is 1. The predicted molar refractivity (Wildman–Crippen MR) is 168 cm³/mol. The molecule has 2 fully saturated rings. The van der Waals surface area contributed by atoms with Crippen molar-refractivity contribution >= 4 is 8.32 Å². The molecule has 1 N–H and O–H groups in total. The Bertz CT molecular complexity index is 1140. The zero-order valence-electron chi connectivity index (χ0n) is 27.0. The van der Waals surface area contributed by atoms with Crippen LogP contribution in [-0.4, -0.2) is 32.7 Å². The Balaban J connectivity index is 2.10. The lowest BCUT2D eigenvalue weighted by Crippen LogP contribution is -2.60. The van der Waals surface area contributed by atoms with Crippen LogP contribution in [0.1, 0.15) is 97.5 Å². The maximum atomic E-state index is 13.5. The molecule has 0 bridgehead atoms. The smallest absolute Gasteiger partial charge is 0.291 e. The van der Waals surface area contributed by atoms with Gasteiger partial charge in [0.15, 0.2) is 13.7 Å². The molecule has 0 amide bonds. The summed E-state index contributed by atoms with van der Waals surface area (Å²) in [5, 5.41) is 11.3. The Hall–Kier alpha value is -1.63. The summed E-state index contributed by atoms with van der Waals surface area (Å²) in [4.78, 5) is 13.5. The van der Waals surface area contributed by atoms with Gasteiger partial charge in [0, 0.05) is 5.56 Å². The third-order valence-electron chi connectivity index (χ3n) is 11.0. The first-order valence-corrected chi connectivity index (χ1v) is 18.1. The van der Waals surface area contributed by atoms with Crippen molar-refractivity contribution in [1.82, 2.24) is 0 Å². The van der Waals surface area contributed by atoms with Crippen molar-refractivity contribution in [2.75, 3.05) is 7.11 Å². The van der Waals surface area contributed by atoms with Gasteiger partial charge in [-0.05, 0) is 107 Å². The van der Waals surface area contributed by atoms with Gasteiger partial charge in [0.05, 0.1) is 24.9 Å². The highest BCUT2D eigenvalue weighted by Gasteiger charge is 2.59. The van der Waals surface area contributed by atoms with Crippen LogP contribution in [0.4, 0.5) is 0 Å². The first-order valence-electron chi connectivity index (χ1n) is 15.6. The Labute approximate surface area is 244 Å². The molecule has 0 aromatic carbocycles. The second kappa shape index (κ2) is 12.7. The zero-order chi connectivity index (χ0) is 30.0. The molecular weight excluding hydrogens is 516 g/mol. The number of aliphatic hydroxyl groups is 1. The van der Waals surface area contributed by atoms with E-state index in [-0.39, 0.29) is 28.3 Å². The Morgan fingerprint density at radius 1 is 1.18 bits per heavy atom. The van der Waals surface area contributed by atoms with Gasteiger partial charge in [-0.15, -0.1) is 0 Å². The first-order chi connectivity index (χ1) is 18.7. The van der Waals surface area contributed by atoms with Crippen LogP contribution in [0, 0.1) is 36.5 Å². The molecule has 40 heavy (non-hydrogen) atoms. The third kappa shape index (κ3) is 6.10. The lowest BCUT2D eigenvalue weighted by Gasteiger charge is -2.62. The molecule has 1 heterocycles. The van der Waals surface area contributed by atoms with Crippen molar-refractivity contribution < 1.29 is 18.7 Å². The van der Waals surface area contributed by atoms with Crippen LogP contribution in [-0.2, 0) is 10.8 Å². The number of allylic oxidation sites excluding steroid dienone is 2. The van der Waals surface area contributed by atoms with Crippen molar-refractivity contribution in [3.05, 3.63) is 50.9 Å². The normalized spacial score (nSPS) is 29.6. The lowest BCUT2D eigenvalue weighted by molar-refractivity contribution is -0.139. The number of rotatable bonds is 11. The van der Waals surface area contributed by atoms with Crippen LogP contribution in [0.3, 0.4) is 0 Å². The summed E-state index contributed by atoms with van der Waals surface area (Å²) in [5.74, 6) is 1.38. The SMILES string of the molecule is C=C1CC[C@H]2[C@](C)(C[C@H](O)C=C(C)C)[C@@H](O[Si](CC)(CC)CC)CC[C@]2(C)[C@@H]1Cc1c(OC)oc(C)c(C)c1=O. The fourth-order valence-corrected chi connectivity index (χ4v) is 11.3. The average Bonchev–Trinajstić information content (AvgIpc) is 2.89. The zero-order valence-corrected chi connectivity index (χ0v) is 28.0. The molecular formula is C34H56O5Si. The minimum Gasteiger partial charge on any atom is -0.468 e. The van der Waals surface area contributed by atoms with Crippen LogP contribution in [0.25, 0.3) is 0 Å². The van der Waals surface area contributed by atoms with Gasteiger partial charge in [-0.3, -0.25) is 4.79 Å². The van der Waals surface area contributed by atoms with E-state index in [0.717, 1.165) is 49.4 Å². The van der Waals surface area contributed by atoms with Crippen LogP contribution in [0.15, 0.2) is 33.0 Å². The van der Waals surface area contributed by atoms with Crippen LogP contribution >= 0.6 is 0 Å². The summed E-state index contributed by atoms with van der Waals surface area (Å²) in [5.41, 5.74) is 3.34. The second-order valence-electron chi connectivity index (χ2n) is 13.5. The van der Waals surface area contributed by atoms with Crippen molar-refractivity contribution in [2.24, 2.45) is 22.7 Å². The summed E-state index contributed by atoms with van der Waals surface area (Å²) < 4.78 is 18.9. The molecule has 0 unspecified atom stereocenters. The topological polar surface area (TPSA) is 68.9 Å². The van der Waals surface area contributed by atoms with Gasteiger partial charge in [-0.2, -0.15) is 0 Å². The molecule has 2 aliphatic carbocycles. The summed E-state index contributed by atoms with van der Waals surface area (Å²) in [7, 11) is -0.290. The second-order valence-corrected chi connectivity index (χ2v) is 18.2. The van der Waals surface area contributed by atoms with Gasteiger partial charge in [0.25, 0.3) is 5.95 Å². The van der Waals surface area contributed by atoms with E-state index in [0.29, 0.717) is 41.6 Å². The number of ether oxygens (including phenoxy) is 1. The largest absolute Gasteiger partial charge is 0.468 e. The minimum absolute atomic E-state index is 0.0162. The molecule has 1 aromatic rings. The molecule has 226 valence electrons. The Morgan fingerprint density at radius 3 is 2.35 bits per heavy atom. The molecule has 3 rings (SSSR count). The summed E-state index contributed by atoms with van der Waals surface area (Å²) in [6.45, 7) is 24.0. The quantitative estimate of drug-likeness (QED) is 0.213.